The fraction of sp³-hybridized carbons (Fsp3) is 0.630. The average molecular weight is 912 g/mol. The third-order valence-corrected chi connectivity index (χ3v) is 10.9. The first kappa shape index (κ1) is 60.7. The molecule has 10 heteroatoms. The van der Waals surface area contributed by atoms with Crippen LogP contribution in [0.1, 0.15) is 187 Å². The molecular weight excluding hydrogens is 822 g/mol. The molecule has 64 heavy (non-hydrogen) atoms. The number of allylic oxidation sites excluding steroid dienone is 18. The van der Waals surface area contributed by atoms with E-state index in [0.717, 1.165) is 116 Å². The van der Waals surface area contributed by atoms with Crippen LogP contribution >= 0.6 is 7.82 Å². The second-order valence-corrected chi connectivity index (χ2v) is 17.4. The summed E-state index contributed by atoms with van der Waals surface area (Å²) in [6.45, 7) is 3.53. The maximum Gasteiger partial charge on any atom is 0.472 e. The van der Waals surface area contributed by atoms with Crippen molar-refractivity contribution >= 4 is 19.8 Å². The second kappa shape index (κ2) is 49.1. The van der Waals surface area contributed by atoms with Gasteiger partial charge in [0.1, 0.15) is 6.61 Å². The lowest BCUT2D eigenvalue weighted by Gasteiger charge is -2.19. The number of ether oxygens (including phenoxy) is 2. The highest BCUT2D eigenvalue weighted by atomic mass is 31.2. The number of rotatable bonds is 45. The van der Waals surface area contributed by atoms with Gasteiger partial charge in [0.25, 0.3) is 0 Å². The average Bonchev–Trinajstić information content (AvgIpc) is 3.28. The fourth-order valence-corrected chi connectivity index (χ4v) is 6.98. The Morgan fingerprint density at radius 1 is 0.484 bits per heavy atom. The maximum atomic E-state index is 12.6. The monoisotopic (exact) mass is 912 g/mol. The zero-order chi connectivity index (χ0) is 46.7. The highest BCUT2D eigenvalue weighted by molar-refractivity contribution is 7.47. The summed E-state index contributed by atoms with van der Waals surface area (Å²) in [5.41, 5.74) is 5.36. The van der Waals surface area contributed by atoms with Crippen LogP contribution in [0, 0.1) is 0 Å². The Balaban J connectivity index is 4.11. The largest absolute Gasteiger partial charge is 0.472 e. The summed E-state index contributed by atoms with van der Waals surface area (Å²) in [5, 5.41) is 0. The van der Waals surface area contributed by atoms with E-state index in [0.29, 0.717) is 12.8 Å². The molecule has 0 saturated carbocycles. The quantitative estimate of drug-likeness (QED) is 0.0265. The molecule has 0 aromatic heterocycles. The molecule has 0 aliphatic heterocycles. The van der Waals surface area contributed by atoms with Crippen LogP contribution in [-0.4, -0.2) is 49.3 Å². The summed E-state index contributed by atoms with van der Waals surface area (Å²) >= 11 is 0. The molecule has 0 amide bonds. The highest BCUT2D eigenvalue weighted by Crippen LogP contribution is 2.43. The lowest BCUT2D eigenvalue weighted by atomic mass is 10.1. The smallest absolute Gasteiger partial charge is 0.462 e. The van der Waals surface area contributed by atoms with E-state index in [9.17, 15) is 19.0 Å². The Bertz CT molecular complexity index is 1410. The van der Waals surface area contributed by atoms with Crippen LogP contribution in [-0.2, 0) is 32.7 Å². The number of phosphoric acid groups is 1. The summed E-state index contributed by atoms with van der Waals surface area (Å²) in [5.74, 6) is -0.867. The molecule has 0 aliphatic carbocycles. The van der Waals surface area contributed by atoms with Crippen LogP contribution < -0.4 is 5.73 Å². The van der Waals surface area contributed by atoms with Gasteiger partial charge in [-0.2, -0.15) is 0 Å². The van der Waals surface area contributed by atoms with Crippen molar-refractivity contribution in [3.05, 3.63) is 109 Å². The van der Waals surface area contributed by atoms with Gasteiger partial charge in [0.05, 0.1) is 13.2 Å². The normalized spacial score (nSPS) is 14.1. The molecule has 0 saturated heterocycles. The van der Waals surface area contributed by atoms with Gasteiger partial charge in [0.2, 0.25) is 0 Å². The molecule has 0 heterocycles. The molecule has 0 rings (SSSR count). The molecule has 3 N–H and O–H groups in total. The maximum absolute atomic E-state index is 12.6. The van der Waals surface area contributed by atoms with E-state index in [1.807, 2.05) is 0 Å². The Morgan fingerprint density at radius 2 is 0.859 bits per heavy atom. The molecule has 2 atom stereocenters. The standard InChI is InChI=1S/C54H90NO8P/c1-3-5-7-9-11-13-15-17-19-20-21-22-23-24-25-26-27-28-29-30-31-32-33-35-37-39-41-43-45-47-54(57)63-52(51-62-64(58,59)61-49-48-55)50-60-53(56)46-44-42-40-38-36-34-18-16-14-12-10-8-6-4-2/h5,7,10-13,16-19,21-22,24-25,27-28,30-31,52H,3-4,6,8-9,14-15,20,23,26,29,32-51,55H2,1-2H3,(H,58,59)/b7-5-,12-10-,13-11-,18-16-,19-17-,22-21-,25-24-,28-27-,31-30-. The molecule has 2 unspecified atom stereocenters. The topological polar surface area (TPSA) is 134 Å². The number of carbonyl (C=O) groups excluding carboxylic acids is 2. The summed E-state index contributed by atoms with van der Waals surface area (Å²) in [6.07, 6.45) is 65.5. The van der Waals surface area contributed by atoms with E-state index in [1.54, 1.807) is 0 Å². The van der Waals surface area contributed by atoms with Crippen molar-refractivity contribution in [1.29, 1.82) is 0 Å². The molecule has 0 spiro atoms. The van der Waals surface area contributed by atoms with Crippen molar-refractivity contribution in [3.8, 4) is 0 Å². The molecular formula is C54H90NO8P. The van der Waals surface area contributed by atoms with Gasteiger partial charge in [0, 0.05) is 19.4 Å². The van der Waals surface area contributed by atoms with Gasteiger partial charge < -0.3 is 20.1 Å². The zero-order valence-electron chi connectivity index (χ0n) is 40.2. The molecule has 9 nitrogen and oxygen atoms in total. The Kier molecular flexibility index (Phi) is 46.6. The Morgan fingerprint density at radius 3 is 1.28 bits per heavy atom. The predicted octanol–water partition coefficient (Wildman–Crippen LogP) is 15.1. The number of nitrogens with two attached hydrogens (primary N) is 1. The van der Waals surface area contributed by atoms with Crippen LogP contribution in [0.5, 0.6) is 0 Å². The number of hydrogen-bond acceptors (Lipinski definition) is 8. The molecule has 0 radical (unpaired) electrons. The molecule has 0 aliphatic rings. The van der Waals surface area contributed by atoms with Gasteiger partial charge in [-0.15, -0.1) is 0 Å². The molecule has 0 fully saturated rings. The number of esters is 2. The zero-order valence-corrected chi connectivity index (χ0v) is 41.1. The number of unbranched alkanes of at least 4 members (excludes halogenated alkanes) is 14. The number of hydrogen-bond donors (Lipinski definition) is 2. The first-order valence-electron chi connectivity index (χ1n) is 24.9. The summed E-state index contributed by atoms with van der Waals surface area (Å²) in [6, 6.07) is 0. The summed E-state index contributed by atoms with van der Waals surface area (Å²) in [4.78, 5) is 35.0. The fourth-order valence-electron chi connectivity index (χ4n) is 6.22. The summed E-state index contributed by atoms with van der Waals surface area (Å²) < 4.78 is 32.8. The van der Waals surface area contributed by atoms with Gasteiger partial charge in [-0.25, -0.2) is 4.57 Å². The minimum Gasteiger partial charge on any atom is -0.462 e. The van der Waals surface area contributed by atoms with Crippen LogP contribution in [0.4, 0.5) is 0 Å². The number of phosphoric ester groups is 1. The predicted molar refractivity (Wildman–Crippen MR) is 270 cm³/mol. The van der Waals surface area contributed by atoms with Crippen molar-refractivity contribution in [2.45, 2.75) is 193 Å². The third kappa shape index (κ3) is 48.1. The van der Waals surface area contributed by atoms with Crippen LogP contribution in [0.15, 0.2) is 109 Å². The van der Waals surface area contributed by atoms with Crippen LogP contribution in [0.3, 0.4) is 0 Å². The van der Waals surface area contributed by atoms with E-state index in [1.165, 1.54) is 32.1 Å². The van der Waals surface area contributed by atoms with Gasteiger partial charge in [-0.3, -0.25) is 18.6 Å². The van der Waals surface area contributed by atoms with E-state index in [-0.39, 0.29) is 32.6 Å². The SMILES string of the molecule is CC/C=C\C/C=C\C/C=C\C/C=C\C/C=C\C/C=C\C/C=C\CCCCCCCCCC(=O)OC(COC(=O)CCCCCCC/C=C\C/C=C\CCCC)COP(=O)(O)OCCN. The van der Waals surface area contributed by atoms with Gasteiger partial charge in [-0.05, 0) is 96.3 Å². The first-order chi connectivity index (χ1) is 31.3. The van der Waals surface area contributed by atoms with Crippen molar-refractivity contribution in [1.82, 2.24) is 0 Å². The molecule has 0 aromatic rings. The van der Waals surface area contributed by atoms with Crippen LogP contribution in [0.25, 0.3) is 0 Å². The Labute approximate surface area is 390 Å². The van der Waals surface area contributed by atoms with Gasteiger partial charge in [-0.1, -0.05) is 187 Å². The van der Waals surface area contributed by atoms with E-state index in [4.69, 9.17) is 24.3 Å². The molecule has 0 aromatic carbocycles. The first-order valence-corrected chi connectivity index (χ1v) is 26.4. The van der Waals surface area contributed by atoms with Crippen molar-refractivity contribution in [2.75, 3.05) is 26.4 Å². The van der Waals surface area contributed by atoms with E-state index >= 15 is 0 Å². The van der Waals surface area contributed by atoms with Gasteiger partial charge in [0.15, 0.2) is 6.10 Å². The lowest BCUT2D eigenvalue weighted by Crippen LogP contribution is -2.29. The van der Waals surface area contributed by atoms with Crippen molar-refractivity contribution in [3.63, 3.8) is 0 Å². The van der Waals surface area contributed by atoms with Gasteiger partial charge >= 0.3 is 19.8 Å². The molecule has 364 valence electrons. The van der Waals surface area contributed by atoms with E-state index < -0.39 is 32.5 Å². The van der Waals surface area contributed by atoms with E-state index in [2.05, 4.69) is 123 Å². The van der Waals surface area contributed by atoms with Crippen molar-refractivity contribution in [2.24, 2.45) is 5.73 Å². The van der Waals surface area contributed by atoms with Crippen molar-refractivity contribution < 1.29 is 37.6 Å². The Hall–Kier alpha value is -3.33. The summed E-state index contributed by atoms with van der Waals surface area (Å²) in [7, 11) is -4.39. The van der Waals surface area contributed by atoms with Crippen LogP contribution in [0.2, 0.25) is 0 Å². The minimum atomic E-state index is -4.39. The third-order valence-electron chi connectivity index (χ3n) is 9.89. The lowest BCUT2D eigenvalue weighted by molar-refractivity contribution is -0.161. The second-order valence-electron chi connectivity index (χ2n) is 15.9. The molecule has 0 bridgehead atoms. The number of carbonyl (C=O) groups is 2. The minimum absolute atomic E-state index is 0.0434. The highest BCUT2D eigenvalue weighted by Gasteiger charge is 2.26.